The van der Waals surface area contributed by atoms with Crippen molar-refractivity contribution in [1.29, 1.82) is 0 Å². The van der Waals surface area contributed by atoms with Crippen LogP contribution in [0, 0.1) is 0 Å². The number of hydrogen-bond acceptors (Lipinski definition) is 5. The number of rotatable bonds is 4. The first-order valence-corrected chi connectivity index (χ1v) is 8.03. The molecule has 0 aliphatic carbocycles. The summed E-state index contributed by atoms with van der Waals surface area (Å²) in [5, 5.41) is 9.55. The standard InChI is InChI=1S/C15H17N5OS/c1-10(2)20-9-16-18-15(20)22-8-13-17-12-7-5-4-6-11(12)14(21)19(13)3/h4-7,9-10H,8H2,1-3H3. The Hall–Kier alpha value is -2.15. The van der Waals surface area contributed by atoms with Crippen LogP contribution >= 0.6 is 11.8 Å². The minimum atomic E-state index is -0.0217. The topological polar surface area (TPSA) is 65.6 Å². The highest BCUT2D eigenvalue weighted by Crippen LogP contribution is 2.22. The number of hydrogen-bond donors (Lipinski definition) is 0. The van der Waals surface area contributed by atoms with Crippen LogP contribution in [0.15, 0.2) is 40.5 Å². The third-order valence-electron chi connectivity index (χ3n) is 3.50. The lowest BCUT2D eigenvalue weighted by atomic mass is 10.2. The minimum Gasteiger partial charge on any atom is -0.306 e. The summed E-state index contributed by atoms with van der Waals surface area (Å²) >= 11 is 1.53. The molecule has 22 heavy (non-hydrogen) atoms. The molecule has 0 aliphatic heterocycles. The van der Waals surface area contributed by atoms with Crippen molar-refractivity contribution in [2.45, 2.75) is 30.8 Å². The quantitative estimate of drug-likeness (QED) is 0.692. The number of benzene rings is 1. The molecule has 3 aromatic rings. The molecule has 0 saturated heterocycles. The van der Waals surface area contributed by atoms with Gasteiger partial charge in [0.25, 0.3) is 5.56 Å². The molecule has 0 N–H and O–H groups in total. The van der Waals surface area contributed by atoms with Crippen LogP contribution in [-0.2, 0) is 12.8 Å². The second-order valence-corrected chi connectivity index (χ2v) is 6.26. The lowest BCUT2D eigenvalue weighted by molar-refractivity contribution is 0.549. The SMILES string of the molecule is CC(C)n1cnnc1SCc1nc2ccccc2c(=O)n1C. The van der Waals surface area contributed by atoms with Crippen molar-refractivity contribution in [3.8, 4) is 0 Å². The lowest BCUT2D eigenvalue weighted by Gasteiger charge is -2.11. The summed E-state index contributed by atoms with van der Waals surface area (Å²) in [7, 11) is 1.75. The van der Waals surface area contributed by atoms with Crippen molar-refractivity contribution in [1.82, 2.24) is 24.3 Å². The fraction of sp³-hybridized carbons (Fsp3) is 0.333. The normalized spacial score (nSPS) is 11.5. The first-order valence-electron chi connectivity index (χ1n) is 7.05. The fourth-order valence-electron chi connectivity index (χ4n) is 2.21. The zero-order chi connectivity index (χ0) is 15.7. The molecule has 0 amide bonds. The molecule has 0 fully saturated rings. The molecule has 2 aromatic heterocycles. The Morgan fingerprint density at radius 2 is 2.05 bits per heavy atom. The van der Waals surface area contributed by atoms with E-state index in [2.05, 4.69) is 29.0 Å². The number of nitrogens with zero attached hydrogens (tertiary/aromatic N) is 5. The number of aromatic nitrogens is 5. The molecular formula is C15H17N5OS. The van der Waals surface area contributed by atoms with Crippen molar-refractivity contribution in [3.63, 3.8) is 0 Å². The highest BCUT2D eigenvalue weighted by molar-refractivity contribution is 7.98. The van der Waals surface area contributed by atoms with Gasteiger partial charge < -0.3 is 4.57 Å². The zero-order valence-electron chi connectivity index (χ0n) is 12.7. The van der Waals surface area contributed by atoms with Gasteiger partial charge in [-0.3, -0.25) is 9.36 Å². The lowest BCUT2D eigenvalue weighted by Crippen LogP contribution is -2.22. The smallest absolute Gasteiger partial charge is 0.261 e. The van der Waals surface area contributed by atoms with Gasteiger partial charge in [0.05, 0.1) is 16.7 Å². The van der Waals surface area contributed by atoms with E-state index in [9.17, 15) is 4.79 Å². The summed E-state index contributed by atoms with van der Waals surface area (Å²) in [5.74, 6) is 1.30. The predicted molar refractivity (Wildman–Crippen MR) is 87.0 cm³/mol. The summed E-state index contributed by atoms with van der Waals surface area (Å²) < 4.78 is 3.61. The van der Waals surface area contributed by atoms with E-state index >= 15 is 0 Å². The highest BCUT2D eigenvalue weighted by Gasteiger charge is 2.12. The first kappa shape index (κ1) is 14.8. The van der Waals surface area contributed by atoms with E-state index in [1.165, 1.54) is 11.8 Å². The van der Waals surface area contributed by atoms with Crippen molar-refractivity contribution >= 4 is 22.7 Å². The van der Waals surface area contributed by atoms with Crippen molar-refractivity contribution in [2.75, 3.05) is 0 Å². The van der Waals surface area contributed by atoms with E-state index in [0.29, 0.717) is 17.2 Å². The summed E-state index contributed by atoms with van der Waals surface area (Å²) in [4.78, 5) is 17.0. The van der Waals surface area contributed by atoms with Crippen LogP contribution < -0.4 is 5.56 Å². The Kier molecular flexibility index (Phi) is 3.98. The van der Waals surface area contributed by atoms with Gasteiger partial charge in [-0.2, -0.15) is 0 Å². The molecule has 6 nitrogen and oxygen atoms in total. The van der Waals surface area contributed by atoms with Gasteiger partial charge in [-0.1, -0.05) is 23.9 Å². The average Bonchev–Trinajstić information content (AvgIpc) is 2.98. The molecule has 0 unspecified atom stereocenters. The van der Waals surface area contributed by atoms with Crippen LogP contribution in [0.4, 0.5) is 0 Å². The Morgan fingerprint density at radius 3 is 2.82 bits per heavy atom. The van der Waals surface area contributed by atoms with E-state index in [-0.39, 0.29) is 5.56 Å². The van der Waals surface area contributed by atoms with E-state index in [4.69, 9.17) is 0 Å². The fourth-order valence-corrected chi connectivity index (χ4v) is 3.24. The molecule has 0 radical (unpaired) electrons. The summed E-state index contributed by atoms with van der Waals surface area (Å²) in [6, 6.07) is 7.70. The Balaban J connectivity index is 1.93. The van der Waals surface area contributed by atoms with Crippen LogP contribution in [0.3, 0.4) is 0 Å². The maximum atomic E-state index is 12.4. The molecule has 114 valence electrons. The van der Waals surface area contributed by atoms with E-state index < -0.39 is 0 Å². The molecule has 2 heterocycles. The molecule has 0 saturated carbocycles. The number of fused-ring (bicyclic) bond motifs is 1. The first-order chi connectivity index (χ1) is 10.6. The Labute approximate surface area is 132 Å². The molecule has 0 spiro atoms. The van der Waals surface area contributed by atoms with Gasteiger partial charge >= 0.3 is 0 Å². The largest absolute Gasteiger partial charge is 0.306 e. The van der Waals surface area contributed by atoms with E-state index in [1.807, 2.05) is 22.8 Å². The third-order valence-corrected chi connectivity index (χ3v) is 4.46. The third kappa shape index (κ3) is 2.64. The van der Waals surface area contributed by atoms with Gasteiger partial charge in [-0.25, -0.2) is 4.98 Å². The number of para-hydroxylation sites is 1. The van der Waals surface area contributed by atoms with E-state index in [1.54, 1.807) is 24.0 Å². The molecule has 3 rings (SSSR count). The maximum absolute atomic E-state index is 12.4. The molecule has 0 atom stereocenters. The van der Waals surface area contributed by atoms with Crippen molar-refractivity contribution in [3.05, 3.63) is 46.8 Å². The van der Waals surface area contributed by atoms with Gasteiger partial charge in [-0.15, -0.1) is 10.2 Å². The molecular weight excluding hydrogens is 298 g/mol. The van der Waals surface area contributed by atoms with Crippen LogP contribution in [0.25, 0.3) is 10.9 Å². The maximum Gasteiger partial charge on any atom is 0.261 e. The van der Waals surface area contributed by atoms with Gasteiger partial charge in [-0.05, 0) is 26.0 Å². The highest BCUT2D eigenvalue weighted by atomic mass is 32.2. The summed E-state index contributed by atoms with van der Waals surface area (Å²) in [5.41, 5.74) is 0.707. The van der Waals surface area contributed by atoms with Crippen molar-refractivity contribution < 1.29 is 0 Å². The van der Waals surface area contributed by atoms with E-state index in [0.717, 1.165) is 16.5 Å². The average molecular weight is 315 g/mol. The second-order valence-electron chi connectivity index (χ2n) is 5.31. The molecule has 0 aliphatic rings. The predicted octanol–water partition coefficient (Wildman–Crippen LogP) is 2.40. The summed E-state index contributed by atoms with van der Waals surface area (Å²) in [6.45, 7) is 4.16. The van der Waals surface area contributed by atoms with Crippen LogP contribution in [-0.4, -0.2) is 24.3 Å². The van der Waals surface area contributed by atoms with Gasteiger partial charge in [0, 0.05) is 13.1 Å². The Bertz CT molecular complexity index is 868. The summed E-state index contributed by atoms with van der Waals surface area (Å²) in [6.07, 6.45) is 1.72. The van der Waals surface area contributed by atoms with Crippen LogP contribution in [0.1, 0.15) is 25.7 Å². The Morgan fingerprint density at radius 1 is 1.27 bits per heavy atom. The van der Waals surface area contributed by atoms with Crippen molar-refractivity contribution in [2.24, 2.45) is 7.05 Å². The molecule has 0 bridgehead atoms. The van der Waals surface area contributed by atoms with Gasteiger partial charge in [0.1, 0.15) is 12.2 Å². The zero-order valence-corrected chi connectivity index (χ0v) is 13.5. The van der Waals surface area contributed by atoms with Crippen LogP contribution in [0.2, 0.25) is 0 Å². The van der Waals surface area contributed by atoms with Crippen LogP contribution in [0.5, 0.6) is 0 Å². The number of thioether (sulfide) groups is 1. The van der Waals surface area contributed by atoms with Gasteiger partial charge in [0.2, 0.25) is 0 Å². The molecule has 1 aromatic carbocycles. The second kappa shape index (κ2) is 5.92. The molecule has 7 heteroatoms. The monoisotopic (exact) mass is 315 g/mol. The minimum absolute atomic E-state index is 0.0217. The van der Waals surface area contributed by atoms with Gasteiger partial charge in [0.15, 0.2) is 5.16 Å².